The molecule has 0 aromatic heterocycles. The van der Waals surface area contributed by atoms with Gasteiger partial charge in [-0.3, -0.25) is 0 Å². The van der Waals surface area contributed by atoms with Crippen molar-refractivity contribution in [3.63, 3.8) is 0 Å². The van der Waals surface area contributed by atoms with Gasteiger partial charge >= 0.3 is 0 Å². The highest BCUT2D eigenvalue weighted by molar-refractivity contribution is 9.10. The molecule has 1 atom stereocenters. The Morgan fingerprint density at radius 2 is 1.62 bits per heavy atom. The Kier molecular flexibility index (Phi) is 5.07. The number of benzene rings is 2. The monoisotopic (exact) mass is 348 g/mol. The van der Waals surface area contributed by atoms with Crippen LogP contribution in [0.4, 0.5) is 0 Å². The van der Waals surface area contributed by atoms with Crippen molar-refractivity contribution in [1.82, 2.24) is 0 Å². The van der Waals surface area contributed by atoms with Gasteiger partial charge in [-0.1, -0.05) is 46.3 Å². The Morgan fingerprint density at radius 1 is 1.05 bits per heavy atom. The number of aliphatic hydroxyl groups is 1. The molecule has 0 saturated heterocycles. The quantitative estimate of drug-likeness (QED) is 0.848. The van der Waals surface area contributed by atoms with Crippen molar-refractivity contribution in [2.45, 2.75) is 39.9 Å². The van der Waals surface area contributed by atoms with Gasteiger partial charge in [0.25, 0.3) is 0 Å². The molecule has 0 saturated carbocycles. The molecule has 0 spiro atoms. The number of rotatable bonds is 4. The molecule has 2 nitrogen and oxygen atoms in total. The highest BCUT2D eigenvalue weighted by Gasteiger charge is 2.17. The summed E-state index contributed by atoms with van der Waals surface area (Å²) in [6.07, 6.45) is -0.614. The fourth-order valence-electron chi connectivity index (χ4n) is 2.38. The fourth-order valence-corrected chi connectivity index (χ4v) is 2.61. The zero-order chi connectivity index (χ0) is 15.6. The molecule has 0 aliphatic carbocycles. The third-order valence-corrected chi connectivity index (χ3v) is 4.60. The smallest absolute Gasteiger partial charge is 0.125 e. The molecule has 112 valence electrons. The maximum absolute atomic E-state index is 10.7. The van der Waals surface area contributed by atoms with Crippen molar-refractivity contribution in [3.8, 4) is 5.75 Å². The number of para-hydroxylation sites is 1. The first kappa shape index (κ1) is 16.1. The normalized spacial score (nSPS) is 12.5. The van der Waals surface area contributed by atoms with Crippen LogP contribution in [-0.2, 0) is 0 Å². The van der Waals surface area contributed by atoms with E-state index in [4.69, 9.17) is 4.74 Å². The van der Waals surface area contributed by atoms with Crippen molar-refractivity contribution in [2.24, 2.45) is 0 Å². The molecule has 2 aromatic carbocycles. The lowest BCUT2D eigenvalue weighted by molar-refractivity contribution is 0.198. The SMILES string of the molecule is Cc1cc(C(O)c2ccccc2OC(C)C)cc(C)c1Br. The van der Waals surface area contributed by atoms with E-state index < -0.39 is 6.10 Å². The molecule has 0 heterocycles. The van der Waals surface area contributed by atoms with Crippen molar-refractivity contribution in [1.29, 1.82) is 0 Å². The van der Waals surface area contributed by atoms with Gasteiger partial charge in [0, 0.05) is 10.0 Å². The van der Waals surface area contributed by atoms with Crippen molar-refractivity contribution in [3.05, 3.63) is 63.1 Å². The summed E-state index contributed by atoms with van der Waals surface area (Å²) < 4.78 is 6.89. The largest absolute Gasteiger partial charge is 0.491 e. The summed E-state index contributed by atoms with van der Waals surface area (Å²) in [6, 6.07) is 11.7. The van der Waals surface area contributed by atoms with Gasteiger partial charge in [0.15, 0.2) is 0 Å². The first-order valence-electron chi connectivity index (χ1n) is 7.10. The van der Waals surface area contributed by atoms with E-state index >= 15 is 0 Å². The highest BCUT2D eigenvalue weighted by Crippen LogP contribution is 2.33. The first-order valence-corrected chi connectivity index (χ1v) is 7.89. The number of hydrogen-bond acceptors (Lipinski definition) is 2. The van der Waals surface area contributed by atoms with E-state index in [0.717, 1.165) is 32.5 Å². The average molecular weight is 349 g/mol. The van der Waals surface area contributed by atoms with E-state index in [9.17, 15) is 5.11 Å². The molecular weight excluding hydrogens is 328 g/mol. The minimum absolute atomic E-state index is 0.0757. The molecule has 21 heavy (non-hydrogen) atoms. The predicted molar refractivity (Wildman–Crippen MR) is 89.9 cm³/mol. The summed E-state index contributed by atoms with van der Waals surface area (Å²) >= 11 is 3.56. The highest BCUT2D eigenvalue weighted by atomic mass is 79.9. The predicted octanol–water partition coefficient (Wildman–Crippen LogP) is 4.93. The van der Waals surface area contributed by atoms with Crippen LogP contribution in [0.2, 0.25) is 0 Å². The van der Waals surface area contributed by atoms with E-state index in [0.29, 0.717) is 0 Å². The Morgan fingerprint density at radius 3 is 2.19 bits per heavy atom. The van der Waals surface area contributed by atoms with Gasteiger partial charge in [-0.05, 0) is 50.5 Å². The van der Waals surface area contributed by atoms with E-state index in [1.807, 2.05) is 64.1 Å². The summed E-state index contributed by atoms with van der Waals surface area (Å²) in [4.78, 5) is 0. The number of ether oxygens (including phenoxy) is 1. The fraction of sp³-hybridized carbons (Fsp3) is 0.333. The Hall–Kier alpha value is -1.32. The third-order valence-electron chi connectivity index (χ3n) is 3.35. The molecule has 0 fully saturated rings. The number of aryl methyl sites for hydroxylation is 2. The summed E-state index contributed by atoms with van der Waals surface area (Å²) in [7, 11) is 0. The minimum atomic E-state index is -0.689. The van der Waals surface area contributed by atoms with Gasteiger partial charge in [-0.15, -0.1) is 0 Å². The van der Waals surface area contributed by atoms with Crippen molar-refractivity contribution < 1.29 is 9.84 Å². The van der Waals surface area contributed by atoms with Crippen LogP contribution in [-0.4, -0.2) is 11.2 Å². The van der Waals surface area contributed by atoms with Crippen LogP contribution in [0.15, 0.2) is 40.9 Å². The van der Waals surface area contributed by atoms with Crippen molar-refractivity contribution in [2.75, 3.05) is 0 Å². The topological polar surface area (TPSA) is 29.5 Å². The van der Waals surface area contributed by atoms with Crippen LogP contribution >= 0.6 is 15.9 Å². The summed E-state index contributed by atoms with van der Waals surface area (Å²) in [5, 5.41) is 10.7. The second-order valence-electron chi connectivity index (χ2n) is 5.58. The number of halogens is 1. The molecule has 2 rings (SSSR count). The molecule has 1 unspecified atom stereocenters. The molecule has 0 aliphatic heterocycles. The maximum atomic E-state index is 10.7. The summed E-state index contributed by atoms with van der Waals surface area (Å²) in [5.74, 6) is 0.734. The standard InChI is InChI=1S/C18H21BrO2/c1-11(2)21-16-8-6-5-7-15(16)18(20)14-9-12(3)17(19)13(4)10-14/h5-11,18,20H,1-4H3. The molecule has 0 aliphatic rings. The van der Waals surface area contributed by atoms with Crippen molar-refractivity contribution >= 4 is 15.9 Å². The van der Waals surface area contributed by atoms with Gasteiger partial charge < -0.3 is 9.84 Å². The third kappa shape index (κ3) is 3.66. The van der Waals surface area contributed by atoms with Gasteiger partial charge in [0.1, 0.15) is 11.9 Å². The molecule has 3 heteroatoms. The van der Waals surface area contributed by atoms with Gasteiger partial charge in [0.2, 0.25) is 0 Å². The van der Waals surface area contributed by atoms with E-state index in [-0.39, 0.29) is 6.10 Å². The zero-order valence-electron chi connectivity index (χ0n) is 12.9. The summed E-state index contributed by atoms with van der Waals surface area (Å²) in [5.41, 5.74) is 3.91. The molecular formula is C18H21BrO2. The molecule has 1 N–H and O–H groups in total. The van der Waals surface area contributed by atoms with Crippen LogP contribution in [0.25, 0.3) is 0 Å². The second kappa shape index (κ2) is 6.63. The average Bonchev–Trinajstić information content (AvgIpc) is 2.43. The number of aliphatic hydroxyl groups excluding tert-OH is 1. The lowest BCUT2D eigenvalue weighted by Gasteiger charge is -2.19. The molecule has 0 bridgehead atoms. The van der Waals surface area contributed by atoms with Gasteiger partial charge in [0.05, 0.1) is 6.10 Å². The first-order chi connectivity index (χ1) is 9.90. The lowest BCUT2D eigenvalue weighted by atomic mass is 9.97. The second-order valence-corrected chi connectivity index (χ2v) is 6.37. The Balaban J connectivity index is 2.43. The maximum Gasteiger partial charge on any atom is 0.125 e. The zero-order valence-corrected chi connectivity index (χ0v) is 14.4. The van der Waals surface area contributed by atoms with Crippen LogP contribution in [0.3, 0.4) is 0 Å². The molecule has 2 aromatic rings. The minimum Gasteiger partial charge on any atom is -0.491 e. The summed E-state index contributed by atoms with van der Waals surface area (Å²) in [6.45, 7) is 8.03. The van der Waals surface area contributed by atoms with Crippen LogP contribution < -0.4 is 4.74 Å². The van der Waals surface area contributed by atoms with Crippen LogP contribution in [0.5, 0.6) is 5.75 Å². The van der Waals surface area contributed by atoms with E-state index in [1.165, 1.54) is 0 Å². The lowest BCUT2D eigenvalue weighted by Crippen LogP contribution is -2.10. The van der Waals surface area contributed by atoms with E-state index in [2.05, 4.69) is 15.9 Å². The van der Waals surface area contributed by atoms with Crippen LogP contribution in [0.1, 0.15) is 42.2 Å². The van der Waals surface area contributed by atoms with Gasteiger partial charge in [-0.25, -0.2) is 0 Å². The molecule has 0 amide bonds. The Labute approximate surface area is 134 Å². The van der Waals surface area contributed by atoms with Gasteiger partial charge in [-0.2, -0.15) is 0 Å². The Bertz CT molecular complexity index is 612. The number of hydrogen-bond donors (Lipinski definition) is 1. The van der Waals surface area contributed by atoms with E-state index in [1.54, 1.807) is 0 Å². The van der Waals surface area contributed by atoms with Crippen LogP contribution in [0, 0.1) is 13.8 Å². The molecule has 0 radical (unpaired) electrons.